The highest BCUT2D eigenvalue weighted by atomic mass is 16.6. The van der Waals surface area contributed by atoms with Crippen LogP contribution in [0.15, 0.2) is 0 Å². The van der Waals surface area contributed by atoms with Crippen molar-refractivity contribution < 1.29 is 28.6 Å². The molecule has 0 fully saturated rings. The second-order valence-corrected chi connectivity index (χ2v) is 16.2. The number of esters is 3. The molecule has 0 heterocycles. The van der Waals surface area contributed by atoms with Gasteiger partial charge in [0.25, 0.3) is 0 Å². The molecule has 0 aromatic rings. The van der Waals surface area contributed by atoms with E-state index in [-0.39, 0.29) is 31.1 Å². The van der Waals surface area contributed by atoms with Gasteiger partial charge < -0.3 is 14.2 Å². The molecule has 0 aromatic carbocycles. The molecule has 0 amide bonds. The molecule has 0 aliphatic rings. The third-order valence-electron chi connectivity index (χ3n) is 10.3. The monoisotopic (exact) mass is 737 g/mol. The molecule has 0 radical (unpaired) electrons. The summed E-state index contributed by atoms with van der Waals surface area (Å²) in [6.07, 6.45) is 39.6. The molecule has 0 aromatic heterocycles. The summed E-state index contributed by atoms with van der Waals surface area (Å²) >= 11 is 0. The number of rotatable bonds is 41. The zero-order chi connectivity index (χ0) is 38.2. The van der Waals surface area contributed by atoms with Crippen molar-refractivity contribution >= 4 is 17.9 Å². The van der Waals surface area contributed by atoms with Crippen molar-refractivity contribution in [1.82, 2.24) is 0 Å². The van der Waals surface area contributed by atoms with Gasteiger partial charge in [-0.1, -0.05) is 214 Å². The first-order valence-corrected chi connectivity index (χ1v) is 22.9. The Labute approximate surface area is 323 Å². The first-order valence-electron chi connectivity index (χ1n) is 22.9. The first-order chi connectivity index (χ1) is 25.4. The highest BCUT2D eigenvalue weighted by molar-refractivity contribution is 5.71. The van der Waals surface area contributed by atoms with E-state index in [4.69, 9.17) is 14.2 Å². The molecular weight excluding hydrogens is 648 g/mol. The highest BCUT2D eigenvalue weighted by Crippen LogP contribution is 2.16. The molecule has 1 atom stereocenters. The minimum Gasteiger partial charge on any atom is -0.462 e. The summed E-state index contributed by atoms with van der Waals surface area (Å²) in [6.45, 7) is 8.93. The zero-order valence-corrected chi connectivity index (χ0v) is 35.3. The van der Waals surface area contributed by atoms with Crippen molar-refractivity contribution in [3.63, 3.8) is 0 Å². The van der Waals surface area contributed by atoms with Gasteiger partial charge in [-0.15, -0.1) is 0 Å². The normalized spacial score (nSPS) is 11.9. The quantitative estimate of drug-likeness (QED) is 0.0353. The van der Waals surface area contributed by atoms with Crippen LogP contribution in [0.4, 0.5) is 0 Å². The Morgan fingerprint density at radius 3 is 0.942 bits per heavy atom. The molecular formula is C46H88O6. The van der Waals surface area contributed by atoms with E-state index in [2.05, 4.69) is 27.7 Å². The molecule has 0 spiro atoms. The number of carbonyl (C=O) groups excluding carboxylic acids is 3. The Morgan fingerprint density at radius 1 is 0.365 bits per heavy atom. The maximum atomic E-state index is 12.7. The molecule has 308 valence electrons. The minimum atomic E-state index is -0.758. The first kappa shape index (κ1) is 50.4. The van der Waals surface area contributed by atoms with E-state index >= 15 is 0 Å². The van der Waals surface area contributed by atoms with Gasteiger partial charge >= 0.3 is 17.9 Å². The second-order valence-electron chi connectivity index (χ2n) is 16.2. The van der Waals surface area contributed by atoms with Crippen LogP contribution in [-0.2, 0) is 28.6 Å². The van der Waals surface area contributed by atoms with Crippen molar-refractivity contribution in [2.45, 2.75) is 259 Å². The van der Waals surface area contributed by atoms with Crippen LogP contribution >= 0.6 is 0 Å². The van der Waals surface area contributed by atoms with Gasteiger partial charge in [-0.25, -0.2) is 0 Å². The zero-order valence-electron chi connectivity index (χ0n) is 35.3. The molecule has 52 heavy (non-hydrogen) atoms. The molecule has 6 nitrogen and oxygen atoms in total. The number of unbranched alkanes of at least 4 members (excludes halogenated alkanes) is 28. The maximum Gasteiger partial charge on any atom is 0.306 e. The second kappa shape index (κ2) is 40.6. The summed E-state index contributed by atoms with van der Waals surface area (Å²) in [4.78, 5) is 37.6. The van der Waals surface area contributed by atoms with Crippen LogP contribution in [0.5, 0.6) is 0 Å². The van der Waals surface area contributed by atoms with Crippen molar-refractivity contribution in [2.75, 3.05) is 13.2 Å². The van der Waals surface area contributed by atoms with E-state index in [1.165, 1.54) is 148 Å². The number of ether oxygens (including phenoxy) is 3. The van der Waals surface area contributed by atoms with Gasteiger partial charge in [0, 0.05) is 19.3 Å². The smallest absolute Gasteiger partial charge is 0.306 e. The fraction of sp³-hybridized carbons (Fsp3) is 0.935. The lowest BCUT2D eigenvalue weighted by molar-refractivity contribution is -0.167. The third-order valence-corrected chi connectivity index (χ3v) is 10.3. The Bertz CT molecular complexity index is 781. The minimum absolute atomic E-state index is 0.0645. The Balaban J connectivity index is 4.23. The topological polar surface area (TPSA) is 78.9 Å². The molecule has 0 bridgehead atoms. The molecule has 0 saturated carbocycles. The SMILES string of the molecule is CCCCCCCCCCCCCCCCCCC(=O)OC[C@@H](COC(=O)CCCCCCCCC)OC(=O)CCCCCCCCCCC(C)C. The largest absolute Gasteiger partial charge is 0.462 e. The lowest BCUT2D eigenvalue weighted by atomic mass is 10.0. The highest BCUT2D eigenvalue weighted by Gasteiger charge is 2.19. The fourth-order valence-electron chi connectivity index (χ4n) is 6.80. The number of hydrogen-bond acceptors (Lipinski definition) is 6. The molecule has 0 aliphatic carbocycles. The van der Waals surface area contributed by atoms with Gasteiger partial charge in [0.1, 0.15) is 13.2 Å². The average Bonchev–Trinajstić information content (AvgIpc) is 3.12. The van der Waals surface area contributed by atoms with Gasteiger partial charge in [-0.3, -0.25) is 14.4 Å². The summed E-state index contributed by atoms with van der Waals surface area (Å²) < 4.78 is 16.7. The molecule has 0 unspecified atom stereocenters. The van der Waals surface area contributed by atoms with Crippen LogP contribution in [0.2, 0.25) is 0 Å². The van der Waals surface area contributed by atoms with Gasteiger partial charge in [-0.05, 0) is 25.2 Å². The van der Waals surface area contributed by atoms with Crippen molar-refractivity contribution in [1.29, 1.82) is 0 Å². The lowest BCUT2D eigenvalue weighted by Gasteiger charge is -2.18. The van der Waals surface area contributed by atoms with E-state index in [1.807, 2.05) is 0 Å². The van der Waals surface area contributed by atoms with Crippen LogP contribution in [-0.4, -0.2) is 37.2 Å². The van der Waals surface area contributed by atoms with E-state index in [1.54, 1.807) is 0 Å². The van der Waals surface area contributed by atoms with E-state index in [0.717, 1.165) is 63.7 Å². The molecule has 6 heteroatoms. The van der Waals surface area contributed by atoms with Crippen LogP contribution in [0.25, 0.3) is 0 Å². The van der Waals surface area contributed by atoms with Crippen LogP contribution in [0.3, 0.4) is 0 Å². The van der Waals surface area contributed by atoms with Crippen molar-refractivity contribution in [3.8, 4) is 0 Å². The predicted molar refractivity (Wildman–Crippen MR) is 220 cm³/mol. The van der Waals surface area contributed by atoms with E-state index in [0.29, 0.717) is 19.3 Å². The summed E-state index contributed by atoms with van der Waals surface area (Å²) in [7, 11) is 0. The standard InChI is InChI=1S/C46H88O6/c1-5-7-9-11-13-14-15-16-17-18-19-20-21-26-30-34-38-45(48)51-41-43(40-50-44(47)37-33-29-24-12-10-8-6-2)52-46(49)39-35-31-27-23-22-25-28-32-36-42(3)4/h42-43H,5-41H2,1-4H3/t43-/m1/s1. The maximum absolute atomic E-state index is 12.7. The fourth-order valence-corrected chi connectivity index (χ4v) is 6.80. The van der Waals surface area contributed by atoms with Crippen molar-refractivity contribution in [2.24, 2.45) is 5.92 Å². The Hall–Kier alpha value is -1.59. The van der Waals surface area contributed by atoms with Crippen LogP contribution in [0.1, 0.15) is 252 Å². The summed E-state index contributed by atoms with van der Waals surface area (Å²) in [5, 5.41) is 0. The molecule has 0 rings (SSSR count). The number of hydrogen-bond donors (Lipinski definition) is 0. The molecule has 0 saturated heterocycles. The Morgan fingerprint density at radius 2 is 0.635 bits per heavy atom. The van der Waals surface area contributed by atoms with Gasteiger partial charge in [0.2, 0.25) is 0 Å². The summed E-state index contributed by atoms with van der Waals surface area (Å²) in [5.74, 6) is -0.0686. The third kappa shape index (κ3) is 39.6. The van der Waals surface area contributed by atoms with E-state index in [9.17, 15) is 14.4 Å². The van der Waals surface area contributed by atoms with Crippen molar-refractivity contribution in [3.05, 3.63) is 0 Å². The Kier molecular flexibility index (Phi) is 39.4. The average molecular weight is 737 g/mol. The van der Waals surface area contributed by atoms with Crippen LogP contribution in [0, 0.1) is 5.92 Å². The summed E-state index contributed by atoms with van der Waals surface area (Å²) in [6, 6.07) is 0. The predicted octanol–water partition coefficient (Wildman–Crippen LogP) is 14.3. The van der Waals surface area contributed by atoms with Gasteiger partial charge in [0.05, 0.1) is 0 Å². The summed E-state index contributed by atoms with van der Waals surface area (Å²) in [5.41, 5.74) is 0. The van der Waals surface area contributed by atoms with Gasteiger partial charge in [-0.2, -0.15) is 0 Å². The lowest BCUT2D eigenvalue weighted by Crippen LogP contribution is -2.30. The molecule has 0 N–H and O–H groups in total. The van der Waals surface area contributed by atoms with E-state index < -0.39 is 6.10 Å². The number of carbonyl (C=O) groups is 3. The molecule has 0 aliphatic heterocycles. The van der Waals surface area contributed by atoms with Crippen LogP contribution < -0.4 is 0 Å². The van der Waals surface area contributed by atoms with Gasteiger partial charge in [0.15, 0.2) is 6.10 Å².